The fourth-order valence-electron chi connectivity index (χ4n) is 2.00. The number of hydrogen-bond acceptors (Lipinski definition) is 3. The van der Waals surface area contributed by atoms with E-state index in [4.69, 9.17) is 4.74 Å². The van der Waals surface area contributed by atoms with E-state index in [9.17, 15) is 9.90 Å². The van der Waals surface area contributed by atoms with Gasteiger partial charge >= 0.3 is 0 Å². The largest absolute Gasteiger partial charge is 0.388 e. The molecule has 2 N–H and O–H groups in total. The number of aliphatic hydroxyl groups is 1. The van der Waals surface area contributed by atoms with Crippen molar-refractivity contribution in [3.05, 3.63) is 0 Å². The van der Waals surface area contributed by atoms with Crippen LogP contribution in [-0.4, -0.2) is 35.9 Å². The molecule has 16 heavy (non-hydrogen) atoms. The first-order chi connectivity index (χ1) is 7.53. The molecule has 1 aliphatic heterocycles. The van der Waals surface area contributed by atoms with Gasteiger partial charge in [-0.15, -0.1) is 0 Å². The van der Waals surface area contributed by atoms with Crippen LogP contribution in [-0.2, 0) is 9.53 Å². The molecule has 94 valence electrons. The van der Waals surface area contributed by atoms with Crippen molar-refractivity contribution >= 4 is 5.91 Å². The monoisotopic (exact) mass is 229 g/mol. The molecule has 0 radical (unpaired) electrons. The lowest BCUT2D eigenvalue weighted by Gasteiger charge is -2.23. The van der Waals surface area contributed by atoms with E-state index in [0.717, 1.165) is 25.9 Å². The van der Waals surface area contributed by atoms with Gasteiger partial charge in [-0.2, -0.15) is 0 Å². The SMILES string of the molecule is CCCC(C)(O)CNC(=O)CC1CCCO1. The van der Waals surface area contributed by atoms with E-state index in [1.807, 2.05) is 6.92 Å². The molecule has 1 heterocycles. The van der Waals surface area contributed by atoms with Crippen molar-refractivity contribution in [2.24, 2.45) is 0 Å². The summed E-state index contributed by atoms with van der Waals surface area (Å²) in [6.07, 6.45) is 4.13. The van der Waals surface area contributed by atoms with Gasteiger partial charge in [-0.25, -0.2) is 0 Å². The van der Waals surface area contributed by atoms with Crippen LogP contribution in [0.5, 0.6) is 0 Å². The third-order valence-electron chi connectivity index (χ3n) is 2.89. The standard InChI is InChI=1S/C12H23NO3/c1-3-6-12(2,15)9-13-11(14)8-10-5-4-7-16-10/h10,15H,3-9H2,1-2H3,(H,13,14). The van der Waals surface area contributed by atoms with Gasteiger partial charge in [-0.3, -0.25) is 4.79 Å². The van der Waals surface area contributed by atoms with Crippen LogP contribution in [0.4, 0.5) is 0 Å². The quantitative estimate of drug-likeness (QED) is 0.720. The summed E-state index contributed by atoms with van der Waals surface area (Å²) in [7, 11) is 0. The van der Waals surface area contributed by atoms with Gasteiger partial charge in [-0.05, 0) is 26.2 Å². The molecular weight excluding hydrogens is 206 g/mol. The van der Waals surface area contributed by atoms with Crippen molar-refractivity contribution in [2.75, 3.05) is 13.2 Å². The first kappa shape index (κ1) is 13.5. The Hall–Kier alpha value is -0.610. The molecule has 0 aliphatic carbocycles. The summed E-state index contributed by atoms with van der Waals surface area (Å²) >= 11 is 0. The minimum Gasteiger partial charge on any atom is -0.388 e. The number of carbonyl (C=O) groups is 1. The van der Waals surface area contributed by atoms with E-state index in [1.54, 1.807) is 6.92 Å². The fourth-order valence-corrected chi connectivity index (χ4v) is 2.00. The van der Waals surface area contributed by atoms with Gasteiger partial charge in [-0.1, -0.05) is 13.3 Å². The van der Waals surface area contributed by atoms with Gasteiger partial charge in [0.15, 0.2) is 0 Å². The van der Waals surface area contributed by atoms with Crippen molar-refractivity contribution in [3.63, 3.8) is 0 Å². The van der Waals surface area contributed by atoms with E-state index in [-0.39, 0.29) is 12.0 Å². The number of rotatable bonds is 6. The van der Waals surface area contributed by atoms with Gasteiger partial charge in [0.1, 0.15) is 0 Å². The van der Waals surface area contributed by atoms with E-state index in [1.165, 1.54) is 0 Å². The lowest BCUT2D eigenvalue weighted by Crippen LogP contribution is -2.41. The summed E-state index contributed by atoms with van der Waals surface area (Å²) in [5.41, 5.74) is -0.791. The molecule has 1 saturated heterocycles. The number of amides is 1. The molecule has 0 aromatic carbocycles. The summed E-state index contributed by atoms with van der Waals surface area (Å²) < 4.78 is 5.38. The van der Waals surface area contributed by atoms with Crippen LogP contribution in [0.2, 0.25) is 0 Å². The topological polar surface area (TPSA) is 58.6 Å². The second kappa shape index (κ2) is 6.21. The van der Waals surface area contributed by atoms with Crippen LogP contribution in [0, 0.1) is 0 Å². The molecule has 0 bridgehead atoms. The molecule has 1 aliphatic rings. The van der Waals surface area contributed by atoms with E-state index < -0.39 is 5.60 Å². The Morgan fingerprint density at radius 3 is 2.94 bits per heavy atom. The normalized spacial score (nSPS) is 24.1. The Bertz CT molecular complexity index is 222. The molecular formula is C12H23NO3. The van der Waals surface area contributed by atoms with Crippen LogP contribution in [0.15, 0.2) is 0 Å². The zero-order valence-corrected chi connectivity index (χ0v) is 10.3. The Balaban J connectivity index is 2.18. The van der Waals surface area contributed by atoms with Crippen LogP contribution >= 0.6 is 0 Å². The van der Waals surface area contributed by atoms with E-state index in [2.05, 4.69) is 5.32 Å². The number of nitrogens with one attached hydrogen (secondary N) is 1. The van der Waals surface area contributed by atoms with Crippen molar-refractivity contribution in [1.82, 2.24) is 5.32 Å². The van der Waals surface area contributed by atoms with Gasteiger partial charge in [0.05, 0.1) is 18.1 Å². The second-order valence-electron chi connectivity index (χ2n) is 4.86. The zero-order valence-electron chi connectivity index (χ0n) is 10.3. The molecule has 4 heteroatoms. The molecule has 2 atom stereocenters. The highest BCUT2D eigenvalue weighted by Gasteiger charge is 2.22. The first-order valence-corrected chi connectivity index (χ1v) is 6.14. The molecule has 2 unspecified atom stereocenters. The van der Waals surface area contributed by atoms with E-state index in [0.29, 0.717) is 19.4 Å². The van der Waals surface area contributed by atoms with E-state index >= 15 is 0 Å². The Kier molecular flexibility index (Phi) is 5.22. The van der Waals surface area contributed by atoms with Gasteiger partial charge in [0.25, 0.3) is 0 Å². The maximum Gasteiger partial charge on any atom is 0.222 e. The minimum absolute atomic E-state index is 0.0247. The summed E-state index contributed by atoms with van der Waals surface area (Å²) in [5, 5.41) is 12.6. The van der Waals surface area contributed by atoms with Crippen LogP contribution < -0.4 is 5.32 Å². The molecule has 1 amide bonds. The van der Waals surface area contributed by atoms with Crippen molar-refractivity contribution in [2.45, 2.75) is 57.7 Å². The molecule has 1 fully saturated rings. The third-order valence-corrected chi connectivity index (χ3v) is 2.89. The van der Waals surface area contributed by atoms with Crippen molar-refractivity contribution in [3.8, 4) is 0 Å². The molecule has 0 aromatic rings. The second-order valence-corrected chi connectivity index (χ2v) is 4.86. The average Bonchev–Trinajstić information content (AvgIpc) is 2.68. The molecule has 4 nitrogen and oxygen atoms in total. The maximum absolute atomic E-state index is 11.5. The highest BCUT2D eigenvalue weighted by Crippen LogP contribution is 2.15. The lowest BCUT2D eigenvalue weighted by molar-refractivity contribution is -0.124. The summed E-state index contributed by atoms with van der Waals surface area (Å²) in [4.78, 5) is 11.5. The lowest BCUT2D eigenvalue weighted by atomic mass is 10.0. The highest BCUT2D eigenvalue weighted by molar-refractivity contribution is 5.76. The van der Waals surface area contributed by atoms with Crippen LogP contribution in [0.3, 0.4) is 0 Å². The molecule has 1 rings (SSSR count). The van der Waals surface area contributed by atoms with Crippen LogP contribution in [0.25, 0.3) is 0 Å². The molecule has 0 spiro atoms. The van der Waals surface area contributed by atoms with Crippen LogP contribution in [0.1, 0.15) is 46.0 Å². The number of carbonyl (C=O) groups excluding carboxylic acids is 1. The fraction of sp³-hybridized carbons (Fsp3) is 0.917. The van der Waals surface area contributed by atoms with Crippen molar-refractivity contribution in [1.29, 1.82) is 0 Å². The summed E-state index contributed by atoms with van der Waals surface area (Å²) in [6.45, 7) is 4.86. The Labute approximate surface area is 97.4 Å². The third kappa shape index (κ3) is 4.94. The first-order valence-electron chi connectivity index (χ1n) is 6.14. The molecule has 0 aromatic heterocycles. The predicted molar refractivity (Wildman–Crippen MR) is 62.1 cm³/mol. The smallest absolute Gasteiger partial charge is 0.222 e. The van der Waals surface area contributed by atoms with Gasteiger partial charge < -0.3 is 15.2 Å². The maximum atomic E-state index is 11.5. The zero-order chi connectivity index (χ0) is 12.0. The summed E-state index contributed by atoms with van der Waals surface area (Å²) in [5.74, 6) is -0.0247. The number of ether oxygens (including phenoxy) is 1. The van der Waals surface area contributed by atoms with Crippen molar-refractivity contribution < 1.29 is 14.6 Å². The Morgan fingerprint density at radius 1 is 1.62 bits per heavy atom. The average molecular weight is 229 g/mol. The highest BCUT2D eigenvalue weighted by atomic mass is 16.5. The van der Waals surface area contributed by atoms with Gasteiger partial charge in [0, 0.05) is 13.2 Å². The predicted octanol–water partition coefficient (Wildman–Crippen LogP) is 1.22. The summed E-state index contributed by atoms with van der Waals surface area (Å²) in [6, 6.07) is 0. The minimum atomic E-state index is -0.791. The van der Waals surface area contributed by atoms with Gasteiger partial charge in [0.2, 0.25) is 5.91 Å². The number of hydrogen-bond donors (Lipinski definition) is 2. The Morgan fingerprint density at radius 2 is 2.38 bits per heavy atom. The molecule has 0 saturated carbocycles.